The van der Waals surface area contributed by atoms with E-state index in [4.69, 9.17) is 9.26 Å². The van der Waals surface area contributed by atoms with E-state index in [2.05, 4.69) is 21.5 Å². The molecule has 0 unspecified atom stereocenters. The fourth-order valence-corrected chi connectivity index (χ4v) is 3.01. The van der Waals surface area contributed by atoms with Gasteiger partial charge < -0.3 is 14.6 Å². The zero-order chi connectivity index (χ0) is 17.5. The van der Waals surface area contributed by atoms with Crippen LogP contribution in [0, 0.1) is 0 Å². The first kappa shape index (κ1) is 17.2. The Kier molecular flexibility index (Phi) is 5.79. The second-order valence-electron chi connectivity index (χ2n) is 5.42. The Hall–Kier alpha value is -2.67. The maximum absolute atomic E-state index is 11.9. The number of methoxy groups -OCH3 is 1. The van der Waals surface area contributed by atoms with Crippen LogP contribution >= 0.6 is 11.3 Å². The average Bonchev–Trinajstić information content (AvgIpc) is 3.32. The first-order chi connectivity index (χ1) is 12.2. The summed E-state index contributed by atoms with van der Waals surface area (Å²) < 4.78 is 10.3. The SMILES string of the molecule is COc1ccc(-c2noc(CCC(=O)NCCc3cccs3)n2)cc1. The lowest BCUT2D eigenvalue weighted by Crippen LogP contribution is -2.25. The van der Waals surface area contributed by atoms with E-state index in [-0.39, 0.29) is 5.91 Å². The minimum absolute atomic E-state index is 0.0132. The van der Waals surface area contributed by atoms with Gasteiger partial charge in [-0.1, -0.05) is 11.2 Å². The highest BCUT2D eigenvalue weighted by molar-refractivity contribution is 7.09. The normalized spacial score (nSPS) is 10.6. The van der Waals surface area contributed by atoms with Gasteiger partial charge in [0.25, 0.3) is 0 Å². The second kappa shape index (κ2) is 8.43. The molecule has 7 heteroatoms. The Morgan fingerprint density at radius 1 is 1.24 bits per heavy atom. The number of ether oxygens (including phenoxy) is 1. The fourth-order valence-electron chi connectivity index (χ4n) is 2.30. The molecule has 0 atom stereocenters. The highest BCUT2D eigenvalue weighted by Crippen LogP contribution is 2.20. The molecule has 0 aliphatic rings. The Morgan fingerprint density at radius 2 is 2.08 bits per heavy atom. The number of rotatable bonds is 8. The van der Waals surface area contributed by atoms with Crippen molar-refractivity contribution in [2.45, 2.75) is 19.3 Å². The number of amides is 1. The van der Waals surface area contributed by atoms with Gasteiger partial charge in [0, 0.05) is 29.8 Å². The molecule has 2 aromatic heterocycles. The topological polar surface area (TPSA) is 77.2 Å². The van der Waals surface area contributed by atoms with Gasteiger partial charge in [-0.2, -0.15) is 4.98 Å². The van der Waals surface area contributed by atoms with Gasteiger partial charge in [-0.15, -0.1) is 11.3 Å². The van der Waals surface area contributed by atoms with Gasteiger partial charge in [-0.05, 0) is 42.1 Å². The molecule has 1 aromatic carbocycles. The van der Waals surface area contributed by atoms with Crippen molar-refractivity contribution in [3.05, 3.63) is 52.5 Å². The van der Waals surface area contributed by atoms with Crippen LogP contribution in [0.5, 0.6) is 5.75 Å². The predicted molar refractivity (Wildman–Crippen MR) is 95.6 cm³/mol. The molecule has 0 radical (unpaired) electrons. The number of hydrogen-bond donors (Lipinski definition) is 1. The van der Waals surface area contributed by atoms with E-state index in [9.17, 15) is 4.79 Å². The van der Waals surface area contributed by atoms with Crippen molar-refractivity contribution in [3.8, 4) is 17.1 Å². The van der Waals surface area contributed by atoms with Crippen LogP contribution in [0.2, 0.25) is 0 Å². The van der Waals surface area contributed by atoms with Gasteiger partial charge in [0.1, 0.15) is 5.75 Å². The van der Waals surface area contributed by atoms with E-state index in [1.54, 1.807) is 18.4 Å². The van der Waals surface area contributed by atoms with E-state index in [1.165, 1.54) is 4.88 Å². The molecular weight excluding hydrogens is 338 g/mol. The number of aryl methyl sites for hydroxylation is 1. The maximum atomic E-state index is 11.9. The van der Waals surface area contributed by atoms with Crippen LogP contribution in [-0.2, 0) is 17.6 Å². The molecule has 3 aromatic rings. The van der Waals surface area contributed by atoms with Crippen molar-refractivity contribution in [1.29, 1.82) is 0 Å². The third-order valence-electron chi connectivity index (χ3n) is 3.66. The van der Waals surface area contributed by atoms with Gasteiger partial charge in [-0.3, -0.25) is 4.79 Å². The summed E-state index contributed by atoms with van der Waals surface area (Å²) >= 11 is 1.70. The summed E-state index contributed by atoms with van der Waals surface area (Å²) in [4.78, 5) is 17.5. The molecule has 2 heterocycles. The van der Waals surface area contributed by atoms with E-state index in [0.29, 0.717) is 31.1 Å². The average molecular weight is 357 g/mol. The number of aromatic nitrogens is 2. The minimum atomic E-state index is -0.0132. The number of thiophene rings is 1. The third-order valence-corrected chi connectivity index (χ3v) is 4.59. The van der Waals surface area contributed by atoms with Crippen molar-refractivity contribution < 1.29 is 14.1 Å². The summed E-state index contributed by atoms with van der Waals surface area (Å²) in [5.74, 6) is 1.72. The fraction of sp³-hybridized carbons (Fsp3) is 0.278. The molecule has 0 saturated carbocycles. The first-order valence-electron chi connectivity index (χ1n) is 8.00. The summed E-state index contributed by atoms with van der Waals surface area (Å²) in [7, 11) is 1.62. The van der Waals surface area contributed by atoms with E-state index < -0.39 is 0 Å². The van der Waals surface area contributed by atoms with Crippen molar-refractivity contribution in [3.63, 3.8) is 0 Å². The third kappa shape index (κ3) is 4.90. The van der Waals surface area contributed by atoms with Crippen LogP contribution in [0.15, 0.2) is 46.3 Å². The van der Waals surface area contributed by atoms with Gasteiger partial charge in [0.05, 0.1) is 7.11 Å². The van der Waals surface area contributed by atoms with Crippen molar-refractivity contribution >= 4 is 17.2 Å². The van der Waals surface area contributed by atoms with E-state index >= 15 is 0 Å². The summed E-state index contributed by atoms with van der Waals surface area (Å²) in [6.07, 6.45) is 1.61. The van der Waals surface area contributed by atoms with E-state index in [0.717, 1.165) is 17.7 Å². The zero-order valence-corrected chi connectivity index (χ0v) is 14.7. The molecule has 130 valence electrons. The molecule has 0 fully saturated rings. The van der Waals surface area contributed by atoms with Gasteiger partial charge >= 0.3 is 0 Å². The number of benzene rings is 1. The number of nitrogens with one attached hydrogen (secondary N) is 1. The van der Waals surface area contributed by atoms with Crippen LogP contribution in [0.3, 0.4) is 0 Å². The number of carbonyl (C=O) groups is 1. The van der Waals surface area contributed by atoms with Gasteiger partial charge in [0.2, 0.25) is 17.6 Å². The summed E-state index contributed by atoms with van der Waals surface area (Å²) in [6, 6.07) is 11.5. The van der Waals surface area contributed by atoms with Gasteiger partial charge in [-0.25, -0.2) is 0 Å². The van der Waals surface area contributed by atoms with Crippen LogP contribution < -0.4 is 10.1 Å². The minimum Gasteiger partial charge on any atom is -0.497 e. The molecular formula is C18H19N3O3S. The molecule has 0 bridgehead atoms. The van der Waals surface area contributed by atoms with Gasteiger partial charge in [0.15, 0.2) is 0 Å². The number of nitrogens with zero attached hydrogens (tertiary/aromatic N) is 2. The molecule has 0 spiro atoms. The Balaban J connectivity index is 1.45. The van der Waals surface area contributed by atoms with E-state index in [1.807, 2.05) is 35.7 Å². The van der Waals surface area contributed by atoms with Crippen LogP contribution in [-0.4, -0.2) is 29.7 Å². The molecule has 0 saturated heterocycles. The summed E-state index contributed by atoms with van der Waals surface area (Å²) in [5, 5.41) is 8.90. The Bertz CT molecular complexity index is 797. The van der Waals surface area contributed by atoms with Crippen LogP contribution in [0.25, 0.3) is 11.4 Å². The summed E-state index contributed by atoms with van der Waals surface area (Å²) in [5.41, 5.74) is 0.844. The number of carbonyl (C=O) groups excluding carboxylic acids is 1. The maximum Gasteiger partial charge on any atom is 0.227 e. The van der Waals surface area contributed by atoms with Crippen LogP contribution in [0.1, 0.15) is 17.2 Å². The monoisotopic (exact) mass is 357 g/mol. The smallest absolute Gasteiger partial charge is 0.227 e. The standard InChI is InChI=1S/C18H19N3O3S/c1-23-14-6-4-13(5-7-14)18-20-17(24-21-18)9-8-16(22)19-11-10-15-3-2-12-25-15/h2-7,12H,8-11H2,1H3,(H,19,22). The molecule has 1 N–H and O–H groups in total. The lowest BCUT2D eigenvalue weighted by Gasteiger charge is -2.02. The first-order valence-corrected chi connectivity index (χ1v) is 8.88. The predicted octanol–water partition coefficient (Wildman–Crippen LogP) is 3.10. The van der Waals surface area contributed by atoms with Crippen molar-refractivity contribution in [1.82, 2.24) is 15.5 Å². The largest absolute Gasteiger partial charge is 0.497 e. The second-order valence-corrected chi connectivity index (χ2v) is 6.45. The summed E-state index contributed by atoms with van der Waals surface area (Å²) in [6.45, 7) is 0.639. The highest BCUT2D eigenvalue weighted by atomic mass is 32.1. The zero-order valence-electron chi connectivity index (χ0n) is 13.9. The lowest BCUT2D eigenvalue weighted by molar-refractivity contribution is -0.121. The van der Waals surface area contributed by atoms with Crippen molar-refractivity contribution in [2.75, 3.05) is 13.7 Å². The molecule has 6 nitrogen and oxygen atoms in total. The van der Waals surface area contributed by atoms with Crippen LogP contribution in [0.4, 0.5) is 0 Å². The molecule has 3 rings (SSSR count). The Labute approximate surface area is 149 Å². The Morgan fingerprint density at radius 3 is 2.80 bits per heavy atom. The molecule has 25 heavy (non-hydrogen) atoms. The lowest BCUT2D eigenvalue weighted by atomic mass is 10.2. The number of hydrogen-bond acceptors (Lipinski definition) is 6. The molecule has 0 aliphatic carbocycles. The quantitative estimate of drug-likeness (QED) is 0.670. The molecule has 1 amide bonds. The highest BCUT2D eigenvalue weighted by Gasteiger charge is 2.10. The van der Waals surface area contributed by atoms with Crippen molar-refractivity contribution in [2.24, 2.45) is 0 Å². The molecule has 0 aliphatic heterocycles.